The average Bonchev–Trinajstić information content (AvgIpc) is 2.70. The number of piperidine rings is 1. The van der Waals surface area contributed by atoms with Crippen molar-refractivity contribution in [2.75, 3.05) is 6.54 Å². The molecule has 0 radical (unpaired) electrons. The summed E-state index contributed by atoms with van der Waals surface area (Å²) in [4.78, 5) is 27.3. The molecule has 2 rings (SSSR count). The molecule has 0 bridgehead atoms. The summed E-state index contributed by atoms with van der Waals surface area (Å²) < 4.78 is 17.7. The van der Waals surface area contributed by atoms with E-state index < -0.39 is 26.1 Å². The molecule has 0 spiro atoms. The number of benzene rings is 1. The highest BCUT2D eigenvalue weighted by Crippen LogP contribution is 2.38. The van der Waals surface area contributed by atoms with Crippen LogP contribution < -0.4 is 5.32 Å². The molecule has 1 aromatic rings. The molecule has 192 valence electrons. The summed E-state index contributed by atoms with van der Waals surface area (Å²) in [5.74, 6) is 0. The van der Waals surface area contributed by atoms with Crippen LogP contribution in [-0.4, -0.2) is 55.7 Å². The zero-order valence-corrected chi connectivity index (χ0v) is 23.4. The quantitative estimate of drug-likeness (QED) is 0.486. The van der Waals surface area contributed by atoms with Gasteiger partial charge in [0, 0.05) is 12.6 Å². The maximum absolute atomic E-state index is 13.2. The van der Waals surface area contributed by atoms with Crippen molar-refractivity contribution in [2.45, 2.75) is 110 Å². The summed E-state index contributed by atoms with van der Waals surface area (Å²) in [5.41, 5.74) is 0.347. The lowest BCUT2D eigenvalue weighted by Gasteiger charge is -2.45. The molecule has 8 heteroatoms. The molecule has 1 aromatic carbocycles. The van der Waals surface area contributed by atoms with Crippen LogP contribution in [0.1, 0.15) is 66.9 Å². The highest BCUT2D eigenvalue weighted by Gasteiger charge is 2.43. The van der Waals surface area contributed by atoms with Gasteiger partial charge in [0.15, 0.2) is 8.32 Å². The third-order valence-electron chi connectivity index (χ3n) is 6.62. The zero-order valence-electron chi connectivity index (χ0n) is 22.4. The van der Waals surface area contributed by atoms with Gasteiger partial charge in [-0.1, -0.05) is 51.1 Å². The minimum Gasteiger partial charge on any atom is -0.445 e. The van der Waals surface area contributed by atoms with Crippen LogP contribution >= 0.6 is 0 Å². The molecule has 0 saturated carbocycles. The fraction of sp³-hybridized carbons (Fsp3) is 0.692. The van der Waals surface area contributed by atoms with Gasteiger partial charge in [-0.25, -0.2) is 9.59 Å². The van der Waals surface area contributed by atoms with E-state index in [1.807, 2.05) is 58.0 Å². The van der Waals surface area contributed by atoms with E-state index in [9.17, 15) is 9.59 Å². The molecule has 1 heterocycles. The lowest BCUT2D eigenvalue weighted by molar-refractivity contribution is 0.0128. The monoisotopic (exact) mass is 492 g/mol. The van der Waals surface area contributed by atoms with Crippen LogP contribution in [0.5, 0.6) is 0 Å². The number of rotatable bonds is 6. The molecule has 2 unspecified atom stereocenters. The molecule has 1 aliphatic heterocycles. The second-order valence-corrected chi connectivity index (χ2v) is 16.5. The maximum Gasteiger partial charge on any atom is 0.410 e. The Morgan fingerprint density at radius 2 is 1.71 bits per heavy atom. The minimum atomic E-state index is -2.03. The number of carbonyl (C=O) groups is 2. The van der Waals surface area contributed by atoms with Crippen molar-refractivity contribution in [1.29, 1.82) is 0 Å². The molecule has 7 nitrogen and oxygen atoms in total. The standard InChI is InChI=1S/C26H44N2O5Si/c1-19(33-34(8,9)26(5,6)7)22-16-15-21(27-23(29)32-25(2,3)4)17-28(22)24(30)31-18-20-13-11-10-12-14-20/h10-14,19,21-22H,15-18H2,1-9H3,(H,27,29)/t19-,21?,22?/m0/s1. The van der Waals surface area contributed by atoms with E-state index in [1.54, 1.807) is 4.90 Å². The van der Waals surface area contributed by atoms with Gasteiger partial charge in [-0.15, -0.1) is 0 Å². The Morgan fingerprint density at radius 1 is 1.09 bits per heavy atom. The van der Waals surface area contributed by atoms with Crippen LogP contribution in [-0.2, 0) is 20.5 Å². The van der Waals surface area contributed by atoms with Gasteiger partial charge < -0.3 is 24.1 Å². The molecule has 1 N–H and O–H groups in total. The Labute approximate surface area is 206 Å². The molecule has 1 fully saturated rings. The van der Waals surface area contributed by atoms with Crippen molar-refractivity contribution < 1.29 is 23.5 Å². The maximum atomic E-state index is 13.2. The molecular formula is C26H44N2O5Si. The highest BCUT2D eigenvalue weighted by atomic mass is 28.4. The summed E-state index contributed by atoms with van der Waals surface area (Å²) >= 11 is 0. The number of likely N-dealkylation sites (tertiary alicyclic amines) is 1. The highest BCUT2D eigenvalue weighted by molar-refractivity contribution is 6.74. The molecule has 2 amide bonds. The first-order valence-corrected chi connectivity index (χ1v) is 15.1. The van der Waals surface area contributed by atoms with Crippen molar-refractivity contribution >= 4 is 20.5 Å². The van der Waals surface area contributed by atoms with Crippen molar-refractivity contribution in [3.8, 4) is 0 Å². The smallest absolute Gasteiger partial charge is 0.410 e. The topological polar surface area (TPSA) is 77.1 Å². The fourth-order valence-corrected chi connectivity index (χ4v) is 5.24. The molecule has 1 aliphatic rings. The van der Waals surface area contributed by atoms with E-state index in [1.165, 1.54) is 0 Å². The van der Waals surface area contributed by atoms with Gasteiger partial charge in [0.1, 0.15) is 12.2 Å². The predicted octanol–water partition coefficient (Wildman–Crippen LogP) is 6.09. The Kier molecular flexibility index (Phi) is 9.21. The third-order valence-corrected chi connectivity index (χ3v) is 11.2. The number of alkyl carbamates (subject to hydrolysis) is 1. The summed E-state index contributed by atoms with van der Waals surface area (Å²) in [6.45, 7) is 19.1. The van der Waals surface area contributed by atoms with Gasteiger partial charge in [-0.05, 0) is 64.2 Å². The lowest BCUT2D eigenvalue weighted by atomic mass is 9.95. The van der Waals surface area contributed by atoms with Gasteiger partial charge in [0.2, 0.25) is 0 Å². The van der Waals surface area contributed by atoms with Crippen molar-refractivity contribution in [1.82, 2.24) is 10.2 Å². The summed E-state index contributed by atoms with van der Waals surface area (Å²) in [5, 5.41) is 2.99. The SMILES string of the molecule is C[C@H](O[Si](C)(C)C(C)(C)C)C1CCC(NC(=O)OC(C)(C)C)CN1C(=O)OCc1ccccc1. The number of amides is 2. The second kappa shape index (κ2) is 11.1. The van der Waals surface area contributed by atoms with Gasteiger partial charge >= 0.3 is 12.2 Å². The summed E-state index contributed by atoms with van der Waals surface area (Å²) in [6.07, 6.45) is 0.427. The first kappa shape index (κ1) is 28.2. The van der Waals surface area contributed by atoms with E-state index in [0.29, 0.717) is 13.0 Å². The van der Waals surface area contributed by atoms with Crippen molar-refractivity contribution in [2.24, 2.45) is 0 Å². The minimum absolute atomic E-state index is 0.0649. The Hall–Kier alpha value is -2.06. The predicted molar refractivity (Wildman–Crippen MR) is 137 cm³/mol. The van der Waals surface area contributed by atoms with E-state index >= 15 is 0 Å². The molecular weight excluding hydrogens is 448 g/mol. The van der Waals surface area contributed by atoms with Crippen molar-refractivity contribution in [3.05, 3.63) is 35.9 Å². The van der Waals surface area contributed by atoms with Gasteiger partial charge in [-0.3, -0.25) is 0 Å². The van der Waals surface area contributed by atoms with Crippen LogP contribution in [0.3, 0.4) is 0 Å². The number of hydrogen-bond donors (Lipinski definition) is 1. The van der Waals surface area contributed by atoms with Crippen LogP contribution in [0.15, 0.2) is 30.3 Å². The first-order valence-electron chi connectivity index (χ1n) is 12.2. The Morgan fingerprint density at radius 3 is 2.26 bits per heavy atom. The number of nitrogens with zero attached hydrogens (tertiary/aromatic N) is 1. The fourth-order valence-electron chi connectivity index (χ4n) is 3.80. The van der Waals surface area contributed by atoms with Crippen LogP contribution in [0.2, 0.25) is 18.1 Å². The third kappa shape index (κ3) is 8.31. The van der Waals surface area contributed by atoms with Gasteiger partial charge in [0.05, 0.1) is 12.1 Å². The molecule has 1 saturated heterocycles. The molecule has 0 aromatic heterocycles. The number of hydrogen-bond acceptors (Lipinski definition) is 5. The van der Waals surface area contributed by atoms with Crippen LogP contribution in [0.25, 0.3) is 0 Å². The van der Waals surface area contributed by atoms with E-state index in [4.69, 9.17) is 13.9 Å². The molecule has 3 atom stereocenters. The number of nitrogens with one attached hydrogen (secondary N) is 1. The zero-order chi connectivity index (χ0) is 25.7. The van der Waals surface area contributed by atoms with Gasteiger partial charge in [-0.2, -0.15) is 0 Å². The Bertz CT molecular complexity index is 817. The van der Waals surface area contributed by atoms with E-state index in [2.05, 4.69) is 39.2 Å². The Balaban J connectivity index is 2.14. The molecule has 0 aliphatic carbocycles. The molecule has 34 heavy (non-hydrogen) atoms. The number of ether oxygens (including phenoxy) is 2. The normalized spacial score (nSPS) is 20.4. The summed E-state index contributed by atoms with van der Waals surface area (Å²) in [7, 11) is -2.03. The second-order valence-electron chi connectivity index (χ2n) is 11.8. The van der Waals surface area contributed by atoms with Crippen molar-refractivity contribution in [3.63, 3.8) is 0 Å². The van der Waals surface area contributed by atoms with E-state index in [0.717, 1.165) is 12.0 Å². The van der Waals surface area contributed by atoms with Crippen LogP contribution in [0, 0.1) is 0 Å². The van der Waals surface area contributed by atoms with Gasteiger partial charge in [0.25, 0.3) is 0 Å². The first-order chi connectivity index (χ1) is 15.6. The average molecular weight is 493 g/mol. The van der Waals surface area contributed by atoms with Crippen LogP contribution in [0.4, 0.5) is 9.59 Å². The summed E-state index contributed by atoms with van der Waals surface area (Å²) in [6, 6.07) is 9.28. The lowest BCUT2D eigenvalue weighted by Crippen LogP contribution is -2.59. The number of carbonyl (C=O) groups excluding carboxylic acids is 2. The van der Waals surface area contributed by atoms with E-state index in [-0.39, 0.29) is 29.8 Å². The largest absolute Gasteiger partial charge is 0.445 e.